The highest BCUT2D eigenvalue weighted by molar-refractivity contribution is 14.1. The van der Waals surface area contributed by atoms with E-state index < -0.39 is 35.1 Å². The Morgan fingerprint density at radius 3 is 2.53 bits per heavy atom. The monoisotopic (exact) mass is 366 g/mol. The number of hydrogen-bond donors (Lipinski definition) is 0. The molecule has 0 amide bonds. The standard InChI is InChI=1S/C7H3F4IN2O3/c8-1-3-4(14(15)16)2-13-6(5(3)12)17-7(9,10)11/h2H,1H2. The molecule has 1 rings (SSSR count). The van der Waals surface area contributed by atoms with E-state index >= 15 is 0 Å². The quantitative estimate of drug-likeness (QED) is 0.357. The zero-order valence-electron chi connectivity index (χ0n) is 7.79. The van der Waals surface area contributed by atoms with Crippen molar-refractivity contribution in [3.05, 3.63) is 25.4 Å². The van der Waals surface area contributed by atoms with Gasteiger partial charge in [-0.05, 0) is 22.6 Å². The number of ether oxygens (including phenoxy) is 1. The number of nitrogens with zero attached hydrogens (tertiary/aromatic N) is 2. The van der Waals surface area contributed by atoms with Gasteiger partial charge in [-0.3, -0.25) is 10.1 Å². The molecule has 1 heterocycles. The Kier molecular flexibility index (Phi) is 4.06. The first-order valence-electron chi connectivity index (χ1n) is 3.89. The Morgan fingerprint density at radius 2 is 2.12 bits per heavy atom. The van der Waals surface area contributed by atoms with Gasteiger partial charge in [-0.2, -0.15) is 0 Å². The molecule has 0 N–H and O–H groups in total. The van der Waals surface area contributed by atoms with Gasteiger partial charge in [-0.15, -0.1) is 13.2 Å². The molecule has 94 valence electrons. The van der Waals surface area contributed by atoms with Gasteiger partial charge in [0.2, 0.25) is 5.88 Å². The van der Waals surface area contributed by atoms with Crippen molar-refractivity contribution in [3.63, 3.8) is 0 Å². The van der Waals surface area contributed by atoms with Crippen LogP contribution in [0.4, 0.5) is 23.2 Å². The van der Waals surface area contributed by atoms with Gasteiger partial charge < -0.3 is 4.74 Å². The summed E-state index contributed by atoms with van der Waals surface area (Å²) < 4.78 is 51.4. The van der Waals surface area contributed by atoms with Crippen LogP contribution >= 0.6 is 22.6 Å². The van der Waals surface area contributed by atoms with Crippen molar-refractivity contribution in [1.82, 2.24) is 4.98 Å². The maximum atomic E-state index is 12.5. The summed E-state index contributed by atoms with van der Waals surface area (Å²) >= 11 is 1.31. The molecule has 0 aliphatic carbocycles. The number of aromatic nitrogens is 1. The summed E-state index contributed by atoms with van der Waals surface area (Å²) in [7, 11) is 0. The Morgan fingerprint density at radius 1 is 1.53 bits per heavy atom. The van der Waals surface area contributed by atoms with Crippen LogP contribution in [0.2, 0.25) is 0 Å². The fourth-order valence-corrected chi connectivity index (χ4v) is 1.63. The van der Waals surface area contributed by atoms with Gasteiger partial charge in [-0.25, -0.2) is 9.37 Å². The topological polar surface area (TPSA) is 65.3 Å². The molecule has 0 spiro atoms. The predicted octanol–water partition coefficient (Wildman–Crippen LogP) is 2.96. The van der Waals surface area contributed by atoms with Crippen LogP contribution < -0.4 is 4.74 Å². The summed E-state index contributed by atoms with van der Waals surface area (Å²) in [6, 6.07) is 0. The molecule has 0 fully saturated rings. The van der Waals surface area contributed by atoms with E-state index in [0.717, 1.165) is 0 Å². The molecule has 0 unspecified atom stereocenters. The van der Waals surface area contributed by atoms with Crippen LogP contribution in [-0.2, 0) is 6.67 Å². The first-order valence-corrected chi connectivity index (χ1v) is 4.97. The first-order chi connectivity index (χ1) is 7.76. The molecule has 10 heteroatoms. The van der Waals surface area contributed by atoms with E-state index in [0.29, 0.717) is 6.20 Å². The van der Waals surface area contributed by atoms with Crippen molar-refractivity contribution in [3.8, 4) is 5.88 Å². The summed E-state index contributed by atoms with van der Waals surface area (Å²) in [6.07, 6.45) is -4.46. The Bertz CT molecular complexity index is 451. The van der Waals surface area contributed by atoms with Crippen LogP contribution in [0.1, 0.15) is 5.56 Å². The van der Waals surface area contributed by atoms with Crippen LogP contribution in [0.5, 0.6) is 5.88 Å². The van der Waals surface area contributed by atoms with E-state index in [1.54, 1.807) is 0 Å². The molecule has 0 aliphatic rings. The molecule has 0 aliphatic heterocycles. The van der Waals surface area contributed by atoms with Crippen molar-refractivity contribution in [2.45, 2.75) is 13.0 Å². The van der Waals surface area contributed by atoms with Crippen LogP contribution in [0.15, 0.2) is 6.20 Å². The van der Waals surface area contributed by atoms with Gasteiger partial charge in [0.1, 0.15) is 12.9 Å². The molecular formula is C7H3F4IN2O3. The van der Waals surface area contributed by atoms with Gasteiger partial charge in [0.15, 0.2) is 0 Å². The summed E-state index contributed by atoms with van der Waals surface area (Å²) in [6.45, 7) is -1.29. The lowest BCUT2D eigenvalue weighted by Gasteiger charge is -2.10. The second kappa shape index (κ2) is 4.98. The average Bonchev–Trinajstić information content (AvgIpc) is 2.18. The van der Waals surface area contributed by atoms with E-state index in [9.17, 15) is 27.7 Å². The van der Waals surface area contributed by atoms with Crippen LogP contribution in [0, 0.1) is 13.7 Å². The number of alkyl halides is 4. The molecule has 0 atom stereocenters. The molecule has 5 nitrogen and oxygen atoms in total. The van der Waals surface area contributed by atoms with E-state index in [-0.39, 0.29) is 3.57 Å². The van der Waals surface area contributed by atoms with Crippen molar-refractivity contribution in [2.75, 3.05) is 0 Å². The summed E-state index contributed by atoms with van der Waals surface area (Å²) in [5.41, 5.74) is -1.18. The molecule has 0 aromatic carbocycles. The van der Waals surface area contributed by atoms with Gasteiger partial charge in [0.25, 0.3) is 5.69 Å². The minimum atomic E-state index is -4.99. The molecule has 0 saturated heterocycles. The predicted molar refractivity (Wildman–Crippen MR) is 55.1 cm³/mol. The van der Waals surface area contributed by atoms with Crippen molar-refractivity contribution < 1.29 is 27.2 Å². The lowest BCUT2D eigenvalue weighted by atomic mass is 10.2. The third-order valence-corrected chi connectivity index (χ3v) is 2.72. The van der Waals surface area contributed by atoms with Gasteiger partial charge in [-0.1, -0.05) is 0 Å². The van der Waals surface area contributed by atoms with E-state index in [1.165, 1.54) is 22.6 Å². The van der Waals surface area contributed by atoms with Gasteiger partial charge in [0.05, 0.1) is 14.1 Å². The van der Waals surface area contributed by atoms with Crippen molar-refractivity contribution >= 4 is 28.3 Å². The lowest BCUT2D eigenvalue weighted by molar-refractivity contribution is -0.386. The Labute approximate surface area is 105 Å². The van der Waals surface area contributed by atoms with Crippen LogP contribution in [0.25, 0.3) is 0 Å². The fourth-order valence-electron chi connectivity index (χ4n) is 0.961. The van der Waals surface area contributed by atoms with E-state index in [2.05, 4.69) is 9.72 Å². The first kappa shape index (κ1) is 13.9. The van der Waals surface area contributed by atoms with Crippen molar-refractivity contribution in [1.29, 1.82) is 0 Å². The van der Waals surface area contributed by atoms with Crippen LogP contribution in [0.3, 0.4) is 0 Å². The second-order valence-electron chi connectivity index (χ2n) is 2.68. The number of hydrogen-bond acceptors (Lipinski definition) is 4. The third-order valence-electron chi connectivity index (χ3n) is 1.61. The zero-order chi connectivity index (χ0) is 13.2. The van der Waals surface area contributed by atoms with E-state index in [4.69, 9.17) is 0 Å². The molecule has 0 saturated carbocycles. The zero-order valence-corrected chi connectivity index (χ0v) is 9.95. The molecule has 0 radical (unpaired) electrons. The number of halogens is 5. The third kappa shape index (κ3) is 3.38. The number of rotatable bonds is 3. The van der Waals surface area contributed by atoms with Gasteiger partial charge >= 0.3 is 6.36 Å². The largest absolute Gasteiger partial charge is 0.574 e. The second-order valence-corrected chi connectivity index (χ2v) is 3.76. The molecule has 1 aromatic rings. The summed E-state index contributed by atoms with van der Waals surface area (Å²) in [5, 5.41) is 10.5. The van der Waals surface area contributed by atoms with Crippen LogP contribution in [-0.4, -0.2) is 16.3 Å². The fraction of sp³-hybridized carbons (Fsp3) is 0.286. The molecule has 17 heavy (non-hydrogen) atoms. The highest BCUT2D eigenvalue weighted by Crippen LogP contribution is 2.32. The van der Waals surface area contributed by atoms with Gasteiger partial charge in [0, 0.05) is 0 Å². The molecular weight excluding hydrogens is 363 g/mol. The summed E-state index contributed by atoms with van der Waals surface area (Å²) in [4.78, 5) is 12.7. The highest BCUT2D eigenvalue weighted by atomic mass is 127. The average molecular weight is 366 g/mol. The minimum absolute atomic E-state index is 0.378. The SMILES string of the molecule is O=[N+]([O-])c1cnc(OC(F)(F)F)c(I)c1CF. The lowest BCUT2D eigenvalue weighted by Crippen LogP contribution is -2.19. The molecule has 0 bridgehead atoms. The number of pyridine rings is 1. The molecule has 1 aromatic heterocycles. The minimum Gasteiger partial charge on any atom is -0.387 e. The highest BCUT2D eigenvalue weighted by Gasteiger charge is 2.34. The maximum absolute atomic E-state index is 12.5. The van der Waals surface area contributed by atoms with Crippen molar-refractivity contribution in [2.24, 2.45) is 0 Å². The summed E-state index contributed by atoms with van der Waals surface area (Å²) in [5.74, 6) is -0.906. The maximum Gasteiger partial charge on any atom is 0.574 e. The van der Waals surface area contributed by atoms with E-state index in [1.807, 2.05) is 0 Å². The normalized spacial score (nSPS) is 11.4. The Balaban J connectivity index is 3.25. The smallest absolute Gasteiger partial charge is 0.387 e. The Hall–Kier alpha value is -1.20. The number of nitro groups is 1.